The van der Waals surface area contributed by atoms with Gasteiger partial charge in [0.25, 0.3) is 0 Å². The van der Waals surface area contributed by atoms with Gasteiger partial charge < -0.3 is 20.3 Å². The standard InChI is InChI=1S/C64H121NO5/c1-3-5-7-9-11-13-15-17-19-20-22-25-29-32-36-40-44-48-52-56-62(67)61(60-66)65-63(68)57-53-49-45-41-37-33-30-26-23-21-24-27-31-35-39-43-47-51-55-59-70-64(69)58-54-50-46-42-38-34-28-18-16-14-12-10-8-6-4-2/h12,14,18,21,23,28,61-62,66-67H,3-11,13,15-17,19-20,22,24-27,29-60H2,1-2H3,(H,65,68)/b14-12-,23-21-,28-18-. The second-order valence-corrected chi connectivity index (χ2v) is 21.4. The van der Waals surface area contributed by atoms with Gasteiger partial charge in [0.2, 0.25) is 5.91 Å². The highest BCUT2D eigenvalue weighted by atomic mass is 16.5. The zero-order valence-corrected chi connectivity index (χ0v) is 47.0. The molecule has 70 heavy (non-hydrogen) atoms. The number of nitrogens with one attached hydrogen (secondary N) is 1. The highest BCUT2D eigenvalue weighted by Crippen LogP contribution is 2.17. The summed E-state index contributed by atoms with van der Waals surface area (Å²) < 4.78 is 5.47. The van der Waals surface area contributed by atoms with Crippen LogP contribution in [0.25, 0.3) is 0 Å². The number of carbonyl (C=O) groups excluding carboxylic acids is 2. The van der Waals surface area contributed by atoms with E-state index in [-0.39, 0.29) is 18.5 Å². The van der Waals surface area contributed by atoms with Gasteiger partial charge in [-0.25, -0.2) is 0 Å². The van der Waals surface area contributed by atoms with Gasteiger partial charge in [-0.2, -0.15) is 0 Å². The minimum atomic E-state index is -0.672. The van der Waals surface area contributed by atoms with E-state index in [1.54, 1.807) is 0 Å². The predicted octanol–water partition coefficient (Wildman–Crippen LogP) is 19.6. The predicted molar refractivity (Wildman–Crippen MR) is 306 cm³/mol. The molecule has 0 rings (SSSR count). The van der Waals surface area contributed by atoms with E-state index in [2.05, 4.69) is 55.6 Å². The van der Waals surface area contributed by atoms with Crippen molar-refractivity contribution in [2.24, 2.45) is 0 Å². The Kier molecular flexibility index (Phi) is 58.0. The number of hydrogen-bond donors (Lipinski definition) is 3. The Hall–Kier alpha value is -1.92. The lowest BCUT2D eigenvalue weighted by atomic mass is 10.0. The number of allylic oxidation sites excluding steroid dienone is 6. The molecule has 0 aromatic heterocycles. The second-order valence-electron chi connectivity index (χ2n) is 21.4. The molecule has 0 heterocycles. The van der Waals surface area contributed by atoms with Crippen molar-refractivity contribution in [1.29, 1.82) is 0 Å². The molecule has 0 aliphatic heterocycles. The SMILES string of the molecule is CCCCC/C=C\C/C=C\CCCCCCCC(=O)OCCCCCCCCCC/C=C\CCCCCCCCCC(=O)NC(CO)C(O)CCCCCCCCCCCCCCCCCCCCC. The maximum atomic E-state index is 12.5. The van der Waals surface area contributed by atoms with Crippen molar-refractivity contribution >= 4 is 11.9 Å². The minimum Gasteiger partial charge on any atom is -0.466 e. The molecule has 2 unspecified atom stereocenters. The maximum Gasteiger partial charge on any atom is 0.305 e. The van der Waals surface area contributed by atoms with Gasteiger partial charge in [-0.3, -0.25) is 9.59 Å². The molecule has 0 saturated carbocycles. The van der Waals surface area contributed by atoms with Crippen LogP contribution in [0.3, 0.4) is 0 Å². The number of aliphatic hydroxyl groups excluding tert-OH is 2. The van der Waals surface area contributed by atoms with Crippen molar-refractivity contribution in [3.63, 3.8) is 0 Å². The average molecular weight is 985 g/mol. The number of amides is 1. The number of unbranched alkanes of at least 4 members (excludes halogenated alkanes) is 41. The molecular formula is C64H121NO5. The third-order valence-corrected chi connectivity index (χ3v) is 14.4. The molecule has 0 aromatic rings. The first-order valence-corrected chi connectivity index (χ1v) is 31.2. The number of ether oxygens (including phenoxy) is 1. The van der Waals surface area contributed by atoms with Crippen LogP contribution in [0.2, 0.25) is 0 Å². The van der Waals surface area contributed by atoms with Crippen LogP contribution in [0, 0.1) is 0 Å². The first-order chi connectivity index (χ1) is 34.5. The van der Waals surface area contributed by atoms with Gasteiger partial charge in [0, 0.05) is 12.8 Å². The summed E-state index contributed by atoms with van der Waals surface area (Å²) in [6.07, 6.45) is 74.3. The van der Waals surface area contributed by atoms with Gasteiger partial charge >= 0.3 is 5.97 Å². The molecule has 2 atom stereocenters. The van der Waals surface area contributed by atoms with E-state index in [0.717, 1.165) is 57.8 Å². The van der Waals surface area contributed by atoms with Crippen molar-refractivity contribution in [3.05, 3.63) is 36.5 Å². The highest BCUT2D eigenvalue weighted by Gasteiger charge is 2.20. The molecule has 1 amide bonds. The lowest BCUT2D eigenvalue weighted by molar-refractivity contribution is -0.143. The third-order valence-electron chi connectivity index (χ3n) is 14.4. The number of hydrogen-bond acceptors (Lipinski definition) is 5. The zero-order valence-electron chi connectivity index (χ0n) is 47.0. The molecular weight excluding hydrogens is 863 g/mol. The van der Waals surface area contributed by atoms with Crippen LogP contribution in [0.4, 0.5) is 0 Å². The molecule has 0 bridgehead atoms. The summed E-state index contributed by atoms with van der Waals surface area (Å²) >= 11 is 0. The summed E-state index contributed by atoms with van der Waals surface area (Å²) in [5.41, 5.74) is 0. The molecule has 0 aliphatic carbocycles. The molecule has 0 fully saturated rings. The molecule has 3 N–H and O–H groups in total. The van der Waals surface area contributed by atoms with Gasteiger partial charge in [-0.1, -0.05) is 275 Å². The molecule has 0 saturated heterocycles. The Balaban J connectivity index is 3.45. The van der Waals surface area contributed by atoms with E-state index in [1.807, 2.05) is 0 Å². The van der Waals surface area contributed by atoms with Crippen LogP contribution in [-0.4, -0.2) is 47.4 Å². The van der Waals surface area contributed by atoms with E-state index >= 15 is 0 Å². The fraction of sp³-hybridized carbons (Fsp3) is 0.875. The van der Waals surface area contributed by atoms with Crippen LogP contribution >= 0.6 is 0 Å². The Morgan fingerprint density at radius 1 is 0.400 bits per heavy atom. The maximum absolute atomic E-state index is 12.5. The Morgan fingerprint density at radius 3 is 1.13 bits per heavy atom. The molecule has 6 nitrogen and oxygen atoms in total. The van der Waals surface area contributed by atoms with Gasteiger partial charge in [-0.15, -0.1) is 0 Å². The van der Waals surface area contributed by atoms with Crippen LogP contribution in [-0.2, 0) is 14.3 Å². The first-order valence-electron chi connectivity index (χ1n) is 31.2. The highest BCUT2D eigenvalue weighted by molar-refractivity contribution is 5.76. The summed E-state index contributed by atoms with van der Waals surface area (Å²) in [6.45, 7) is 4.93. The van der Waals surface area contributed by atoms with E-state index in [1.165, 1.54) is 244 Å². The molecule has 0 spiro atoms. The Bertz CT molecular complexity index is 1130. The van der Waals surface area contributed by atoms with E-state index in [9.17, 15) is 19.8 Å². The lowest BCUT2D eigenvalue weighted by Crippen LogP contribution is -2.45. The molecule has 6 heteroatoms. The summed E-state index contributed by atoms with van der Waals surface area (Å²) in [5, 5.41) is 23.3. The number of aliphatic hydroxyl groups is 2. The van der Waals surface area contributed by atoms with Crippen LogP contribution < -0.4 is 5.32 Å². The van der Waals surface area contributed by atoms with Crippen molar-refractivity contribution < 1.29 is 24.5 Å². The molecule has 0 aliphatic rings. The van der Waals surface area contributed by atoms with Gasteiger partial charge in [0.15, 0.2) is 0 Å². The Labute approximate surface area is 436 Å². The minimum absolute atomic E-state index is 0.00978. The molecule has 0 radical (unpaired) electrons. The first kappa shape index (κ1) is 68.1. The summed E-state index contributed by atoms with van der Waals surface area (Å²) in [6, 6.07) is -0.550. The summed E-state index contributed by atoms with van der Waals surface area (Å²) in [4.78, 5) is 24.6. The molecule has 0 aromatic carbocycles. The van der Waals surface area contributed by atoms with Crippen LogP contribution in [0.15, 0.2) is 36.5 Å². The van der Waals surface area contributed by atoms with E-state index in [4.69, 9.17) is 4.74 Å². The van der Waals surface area contributed by atoms with Crippen molar-refractivity contribution in [3.8, 4) is 0 Å². The number of carbonyl (C=O) groups is 2. The smallest absolute Gasteiger partial charge is 0.305 e. The average Bonchev–Trinajstić information content (AvgIpc) is 3.36. The zero-order chi connectivity index (χ0) is 50.7. The van der Waals surface area contributed by atoms with Gasteiger partial charge in [0.05, 0.1) is 25.4 Å². The largest absolute Gasteiger partial charge is 0.466 e. The quantitative estimate of drug-likeness (QED) is 0.0321. The van der Waals surface area contributed by atoms with E-state index in [0.29, 0.717) is 25.9 Å². The summed E-state index contributed by atoms with van der Waals surface area (Å²) in [7, 11) is 0. The lowest BCUT2D eigenvalue weighted by Gasteiger charge is -2.22. The Morgan fingerprint density at radius 2 is 0.714 bits per heavy atom. The number of rotatable bonds is 58. The van der Waals surface area contributed by atoms with Crippen LogP contribution in [0.5, 0.6) is 0 Å². The number of esters is 1. The topological polar surface area (TPSA) is 95.9 Å². The fourth-order valence-corrected chi connectivity index (χ4v) is 9.61. The van der Waals surface area contributed by atoms with E-state index < -0.39 is 12.1 Å². The molecule has 412 valence electrons. The van der Waals surface area contributed by atoms with Crippen molar-refractivity contribution in [2.45, 2.75) is 347 Å². The monoisotopic (exact) mass is 984 g/mol. The van der Waals surface area contributed by atoms with Crippen LogP contribution in [0.1, 0.15) is 335 Å². The normalized spacial score (nSPS) is 12.8. The van der Waals surface area contributed by atoms with Gasteiger partial charge in [-0.05, 0) is 83.5 Å². The van der Waals surface area contributed by atoms with Crippen molar-refractivity contribution in [1.82, 2.24) is 5.32 Å². The third kappa shape index (κ3) is 55.4. The fourth-order valence-electron chi connectivity index (χ4n) is 9.61. The summed E-state index contributed by atoms with van der Waals surface area (Å²) in [5.74, 6) is -0.0524. The van der Waals surface area contributed by atoms with Gasteiger partial charge in [0.1, 0.15) is 0 Å². The van der Waals surface area contributed by atoms with Crippen molar-refractivity contribution in [2.75, 3.05) is 13.2 Å². The second kappa shape index (κ2) is 59.6.